The summed E-state index contributed by atoms with van der Waals surface area (Å²) in [4.78, 5) is 11.1. The summed E-state index contributed by atoms with van der Waals surface area (Å²) in [6.45, 7) is 4.24. The first-order valence-electron chi connectivity index (χ1n) is 11.5. The number of phenolic OH excluding ortho intramolecular Hbond substituents is 1. The van der Waals surface area contributed by atoms with Gasteiger partial charge in [-0.05, 0) is 60.1 Å². The number of methoxy groups -OCH3 is 3. The van der Waals surface area contributed by atoms with Gasteiger partial charge in [-0.3, -0.25) is 0 Å². The van der Waals surface area contributed by atoms with Crippen molar-refractivity contribution in [1.82, 2.24) is 0 Å². The minimum absolute atomic E-state index is 0.115. The fourth-order valence-electron chi connectivity index (χ4n) is 3.87. The first-order chi connectivity index (χ1) is 17.0. The molecule has 0 saturated carbocycles. The zero-order valence-electron chi connectivity index (χ0n) is 21.1. The third-order valence-electron chi connectivity index (χ3n) is 6.26. The average Bonchev–Trinajstić information content (AvgIpc) is 2.85. The van der Waals surface area contributed by atoms with Crippen LogP contribution in [0.4, 0.5) is 0 Å². The number of carbonyl (C=O) groups is 1. The van der Waals surface area contributed by atoms with E-state index >= 15 is 0 Å². The standard InChI is InChI=1S/C26H36O10/c1-14(15(2)11-17-7-9-19(33-3)21(13-17)34-4)10-16-6-8-18(27)20(12-16)36-26(32)23(29)22(28)24(35-5)25(30)31/h6-9,12-15,22-24,26-29,32H,10-11H2,1-5H3,(H,30,31)/t14-,15+,22+,23+,24+,26+/m1/s1. The van der Waals surface area contributed by atoms with Crippen molar-refractivity contribution in [2.75, 3.05) is 21.3 Å². The monoisotopic (exact) mass is 508 g/mol. The van der Waals surface area contributed by atoms with Crippen molar-refractivity contribution < 1.29 is 49.3 Å². The van der Waals surface area contributed by atoms with E-state index in [9.17, 15) is 25.2 Å². The van der Waals surface area contributed by atoms with Gasteiger partial charge in [-0.1, -0.05) is 26.0 Å². The van der Waals surface area contributed by atoms with Gasteiger partial charge in [0.1, 0.15) is 12.2 Å². The maximum atomic E-state index is 11.1. The van der Waals surface area contributed by atoms with Crippen LogP contribution in [0, 0.1) is 11.8 Å². The van der Waals surface area contributed by atoms with Crippen molar-refractivity contribution >= 4 is 5.97 Å². The Morgan fingerprint density at radius 2 is 1.33 bits per heavy atom. The van der Waals surface area contributed by atoms with Crippen LogP contribution in [0.1, 0.15) is 25.0 Å². The molecule has 10 heteroatoms. The quantitative estimate of drug-likeness (QED) is 0.239. The van der Waals surface area contributed by atoms with Gasteiger partial charge < -0.3 is 44.5 Å². The third kappa shape index (κ3) is 7.47. The molecular formula is C26H36O10. The second-order valence-electron chi connectivity index (χ2n) is 8.84. The molecule has 36 heavy (non-hydrogen) atoms. The molecule has 6 atom stereocenters. The summed E-state index contributed by atoms with van der Waals surface area (Å²) >= 11 is 0. The van der Waals surface area contributed by atoms with Crippen molar-refractivity contribution in [1.29, 1.82) is 0 Å². The molecule has 0 amide bonds. The van der Waals surface area contributed by atoms with Crippen molar-refractivity contribution in [2.24, 2.45) is 11.8 Å². The lowest BCUT2D eigenvalue weighted by Gasteiger charge is -2.27. The average molecular weight is 509 g/mol. The highest BCUT2D eigenvalue weighted by atomic mass is 16.6. The van der Waals surface area contributed by atoms with Gasteiger partial charge in [0, 0.05) is 7.11 Å². The van der Waals surface area contributed by atoms with Gasteiger partial charge in [0.05, 0.1) is 14.2 Å². The minimum Gasteiger partial charge on any atom is -0.504 e. The van der Waals surface area contributed by atoms with E-state index in [4.69, 9.17) is 19.3 Å². The van der Waals surface area contributed by atoms with E-state index in [0.717, 1.165) is 24.7 Å². The largest absolute Gasteiger partial charge is 0.504 e. The smallest absolute Gasteiger partial charge is 0.335 e. The summed E-state index contributed by atoms with van der Waals surface area (Å²) in [5, 5.41) is 49.5. The highest BCUT2D eigenvalue weighted by Gasteiger charge is 2.37. The van der Waals surface area contributed by atoms with Crippen molar-refractivity contribution in [3.8, 4) is 23.0 Å². The third-order valence-corrected chi connectivity index (χ3v) is 6.26. The van der Waals surface area contributed by atoms with Crippen LogP contribution in [0.5, 0.6) is 23.0 Å². The molecule has 200 valence electrons. The first kappa shape index (κ1) is 29.2. The molecule has 0 unspecified atom stereocenters. The van der Waals surface area contributed by atoms with Gasteiger partial charge in [0.25, 0.3) is 0 Å². The number of aliphatic hydroxyl groups excluding tert-OH is 3. The molecule has 0 saturated heterocycles. The molecule has 0 aliphatic rings. The first-order valence-corrected chi connectivity index (χ1v) is 11.5. The number of phenols is 1. The highest BCUT2D eigenvalue weighted by Crippen LogP contribution is 2.32. The van der Waals surface area contributed by atoms with E-state index in [2.05, 4.69) is 18.6 Å². The van der Waals surface area contributed by atoms with Crippen LogP contribution in [0.2, 0.25) is 0 Å². The highest BCUT2D eigenvalue weighted by molar-refractivity contribution is 5.73. The number of carboxylic acid groups (broad SMARTS) is 1. The second-order valence-corrected chi connectivity index (χ2v) is 8.84. The number of hydrogen-bond donors (Lipinski definition) is 5. The number of aliphatic carboxylic acids is 1. The van der Waals surface area contributed by atoms with E-state index in [1.807, 2.05) is 18.2 Å². The van der Waals surface area contributed by atoms with Crippen LogP contribution in [0.3, 0.4) is 0 Å². The summed E-state index contributed by atoms with van der Waals surface area (Å²) in [5.41, 5.74) is 1.92. The molecular weight excluding hydrogens is 472 g/mol. The molecule has 0 aromatic heterocycles. The normalized spacial score (nSPS) is 16.3. The maximum absolute atomic E-state index is 11.1. The van der Waals surface area contributed by atoms with Crippen molar-refractivity contribution in [3.63, 3.8) is 0 Å². The molecule has 2 aromatic carbocycles. The van der Waals surface area contributed by atoms with Gasteiger partial charge in [0.15, 0.2) is 29.1 Å². The van der Waals surface area contributed by atoms with Gasteiger partial charge in [-0.15, -0.1) is 0 Å². The molecule has 0 radical (unpaired) electrons. The lowest BCUT2D eigenvalue weighted by molar-refractivity contribution is -0.184. The summed E-state index contributed by atoms with van der Waals surface area (Å²) in [5.74, 6) is -0.0726. The Balaban J connectivity index is 2.06. The summed E-state index contributed by atoms with van der Waals surface area (Å²) < 4.78 is 20.6. The van der Waals surface area contributed by atoms with Crippen LogP contribution in [-0.4, -0.2) is 77.4 Å². The summed E-state index contributed by atoms with van der Waals surface area (Å²) in [6, 6.07) is 10.5. The number of rotatable bonds is 14. The van der Waals surface area contributed by atoms with Gasteiger partial charge in [0.2, 0.25) is 6.29 Å². The minimum atomic E-state index is -2.01. The van der Waals surface area contributed by atoms with E-state index < -0.39 is 30.6 Å². The number of aliphatic hydroxyl groups is 3. The van der Waals surface area contributed by atoms with E-state index in [-0.39, 0.29) is 23.3 Å². The van der Waals surface area contributed by atoms with E-state index in [1.165, 1.54) is 12.1 Å². The van der Waals surface area contributed by atoms with Crippen molar-refractivity contribution in [2.45, 2.75) is 51.3 Å². The Morgan fingerprint density at radius 3 is 1.83 bits per heavy atom. The Bertz CT molecular complexity index is 995. The lowest BCUT2D eigenvalue weighted by atomic mass is 9.85. The van der Waals surface area contributed by atoms with Crippen LogP contribution < -0.4 is 14.2 Å². The number of hydrogen-bond acceptors (Lipinski definition) is 9. The summed E-state index contributed by atoms with van der Waals surface area (Å²) in [7, 11) is 4.23. The Labute approximate surface area is 210 Å². The molecule has 0 spiro atoms. The Morgan fingerprint density at radius 1 is 0.806 bits per heavy atom. The molecule has 0 bridgehead atoms. The van der Waals surface area contributed by atoms with Gasteiger partial charge >= 0.3 is 5.97 Å². The van der Waals surface area contributed by atoms with Crippen LogP contribution in [0.25, 0.3) is 0 Å². The van der Waals surface area contributed by atoms with Crippen molar-refractivity contribution in [3.05, 3.63) is 47.5 Å². The molecule has 2 rings (SSSR count). The molecule has 0 heterocycles. The predicted molar refractivity (Wildman–Crippen MR) is 130 cm³/mol. The molecule has 10 nitrogen and oxygen atoms in total. The molecule has 0 fully saturated rings. The lowest BCUT2D eigenvalue weighted by Crippen LogP contribution is -2.50. The predicted octanol–water partition coefficient (Wildman–Crippen LogP) is 1.99. The van der Waals surface area contributed by atoms with Gasteiger partial charge in [-0.25, -0.2) is 4.79 Å². The fraction of sp³-hybridized carbons (Fsp3) is 0.500. The van der Waals surface area contributed by atoms with Crippen LogP contribution in [-0.2, 0) is 22.4 Å². The fourth-order valence-corrected chi connectivity index (χ4v) is 3.87. The number of benzene rings is 2. The molecule has 2 aromatic rings. The summed E-state index contributed by atoms with van der Waals surface area (Å²) in [6.07, 6.45) is -6.32. The van der Waals surface area contributed by atoms with E-state index in [0.29, 0.717) is 17.9 Å². The van der Waals surface area contributed by atoms with Crippen LogP contribution in [0.15, 0.2) is 36.4 Å². The Kier molecular flexibility index (Phi) is 10.8. The zero-order chi connectivity index (χ0) is 27.0. The number of aromatic hydroxyl groups is 1. The SMILES string of the molecule is COc1ccc(C[C@H](C)[C@H](C)Cc2ccc(O)c(O[C@H](O)[C@@H](O)[C@H](O)[C@H](OC)C(=O)O)c2)cc1OC. The molecule has 5 N–H and O–H groups in total. The zero-order valence-corrected chi connectivity index (χ0v) is 21.1. The molecule has 0 aliphatic heterocycles. The van der Waals surface area contributed by atoms with E-state index in [1.54, 1.807) is 20.3 Å². The van der Waals surface area contributed by atoms with Crippen LogP contribution >= 0.6 is 0 Å². The number of carboxylic acids is 1. The van der Waals surface area contributed by atoms with Gasteiger partial charge in [-0.2, -0.15) is 0 Å². The number of ether oxygens (including phenoxy) is 4. The molecule has 0 aliphatic carbocycles. The topological polar surface area (TPSA) is 155 Å². The second kappa shape index (κ2) is 13.3. The maximum Gasteiger partial charge on any atom is 0.335 e. The Hall–Kier alpha value is -3.05.